The Morgan fingerprint density at radius 1 is 1.21 bits per heavy atom. The van der Waals surface area contributed by atoms with E-state index < -0.39 is 32.1 Å². The molecule has 0 radical (unpaired) electrons. The largest absolute Gasteiger partial charge is 0.394 e. The average molecular weight is 509 g/mol. The fourth-order valence-electron chi connectivity index (χ4n) is 2.77. The molecule has 3 aromatic rings. The topological polar surface area (TPSA) is 134 Å². The van der Waals surface area contributed by atoms with E-state index in [0.29, 0.717) is 0 Å². The molecule has 0 amide bonds. The Kier molecular flexibility index (Phi) is 7.63. The molecule has 3 rings (SSSR count). The molecule has 1 atom stereocenters. The van der Waals surface area contributed by atoms with E-state index in [4.69, 9.17) is 21.8 Å². The first-order chi connectivity index (χ1) is 16.0. The van der Waals surface area contributed by atoms with Gasteiger partial charge >= 0.3 is 0 Å². The van der Waals surface area contributed by atoms with Crippen LogP contribution < -0.4 is 15.4 Å². The number of sulfonamides is 1. The van der Waals surface area contributed by atoms with E-state index in [2.05, 4.69) is 32.1 Å². The predicted octanol–water partition coefficient (Wildman–Crippen LogP) is 2.41. The predicted molar refractivity (Wildman–Crippen MR) is 123 cm³/mol. The molecule has 0 saturated carbocycles. The van der Waals surface area contributed by atoms with Crippen molar-refractivity contribution in [2.75, 3.05) is 23.9 Å². The number of aliphatic hydroxyl groups is 1. The van der Waals surface area contributed by atoms with Crippen molar-refractivity contribution in [3.8, 4) is 11.8 Å². The van der Waals surface area contributed by atoms with Crippen molar-refractivity contribution in [1.29, 1.82) is 0 Å². The molecule has 0 saturated heterocycles. The summed E-state index contributed by atoms with van der Waals surface area (Å²) in [6.07, 6.45) is 3.88. The smallest absolute Gasteiger partial charge is 0.241 e. The summed E-state index contributed by atoms with van der Waals surface area (Å²) in [5.41, 5.74) is -0.457. The van der Waals surface area contributed by atoms with Crippen LogP contribution in [-0.2, 0) is 10.0 Å². The standard InChI is InChI=1S/C21H19ClF2N6O3S/c1-12(11-31)29-21-27-8-13(9-28-21)3-4-15-16(23)5-6-17(19(15)24)30(2)20-18(34(25,32)33)7-14(22)10-26-20/h5-10,12,31H,11H2,1-2H3,(H2,25,32,33)(H,27,28,29)/t12-/m1/s1. The zero-order chi connectivity index (χ0) is 25.0. The number of pyridine rings is 1. The third kappa shape index (κ3) is 5.75. The number of hydrogen-bond acceptors (Lipinski definition) is 8. The van der Waals surface area contributed by atoms with Crippen LogP contribution in [0.2, 0.25) is 5.02 Å². The number of nitrogens with zero attached hydrogens (tertiary/aromatic N) is 4. The number of aromatic nitrogens is 3. The van der Waals surface area contributed by atoms with Crippen molar-refractivity contribution in [1.82, 2.24) is 15.0 Å². The summed E-state index contributed by atoms with van der Waals surface area (Å²) in [5.74, 6) is 3.10. The minimum Gasteiger partial charge on any atom is -0.394 e. The van der Waals surface area contributed by atoms with Gasteiger partial charge in [-0.25, -0.2) is 37.3 Å². The first-order valence-electron chi connectivity index (χ1n) is 9.62. The average Bonchev–Trinajstić information content (AvgIpc) is 2.79. The molecule has 178 valence electrons. The summed E-state index contributed by atoms with van der Waals surface area (Å²) >= 11 is 5.82. The number of nitrogens with one attached hydrogen (secondary N) is 1. The van der Waals surface area contributed by atoms with E-state index in [-0.39, 0.29) is 40.7 Å². The molecular weight excluding hydrogens is 490 g/mol. The van der Waals surface area contributed by atoms with Gasteiger partial charge in [-0.3, -0.25) is 0 Å². The van der Waals surface area contributed by atoms with Gasteiger partial charge in [-0.05, 0) is 25.1 Å². The molecule has 1 aromatic carbocycles. The Hall–Kier alpha value is -3.37. The zero-order valence-electron chi connectivity index (χ0n) is 17.9. The molecule has 2 aromatic heterocycles. The van der Waals surface area contributed by atoms with Gasteiger partial charge in [0.25, 0.3) is 0 Å². The number of benzene rings is 1. The Balaban J connectivity index is 1.97. The van der Waals surface area contributed by atoms with Crippen molar-refractivity contribution in [3.63, 3.8) is 0 Å². The van der Waals surface area contributed by atoms with Crippen LogP contribution in [0.3, 0.4) is 0 Å². The SMILES string of the molecule is C[C@H](CO)Nc1ncc(C#Cc2c(F)ccc(N(C)c3ncc(Cl)cc3S(N)(=O)=O)c2F)cn1. The molecule has 0 aliphatic heterocycles. The molecule has 0 unspecified atom stereocenters. The van der Waals surface area contributed by atoms with Crippen LogP contribution in [0.15, 0.2) is 41.7 Å². The van der Waals surface area contributed by atoms with Crippen LogP contribution in [0.1, 0.15) is 18.1 Å². The normalized spacial score (nSPS) is 12.0. The highest BCUT2D eigenvalue weighted by molar-refractivity contribution is 7.89. The number of halogens is 3. The third-order valence-electron chi connectivity index (χ3n) is 4.49. The second-order valence-corrected chi connectivity index (χ2v) is 9.07. The van der Waals surface area contributed by atoms with Gasteiger partial charge in [-0.2, -0.15) is 0 Å². The first kappa shape index (κ1) is 25.3. The lowest BCUT2D eigenvalue weighted by molar-refractivity contribution is 0.281. The van der Waals surface area contributed by atoms with Gasteiger partial charge in [0.15, 0.2) is 11.6 Å². The summed E-state index contributed by atoms with van der Waals surface area (Å²) in [5, 5.41) is 17.2. The minimum atomic E-state index is -4.25. The van der Waals surface area contributed by atoms with Crippen LogP contribution in [0.4, 0.5) is 26.2 Å². The van der Waals surface area contributed by atoms with Gasteiger partial charge in [0.05, 0.1) is 28.4 Å². The molecule has 0 fully saturated rings. The van der Waals surface area contributed by atoms with E-state index in [0.717, 1.165) is 23.1 Å². The minimum absolute atomic E-state index is 0.0153. The fraction of sp³-hybridized carbons (Fsp3) is 0.190. The Labute approximate surface area is 199 Å². The number of anilines is 3. The Morgan fingerprint density at radius 2 is 1.88 bits per heavy atom. The van der Waals surface area contributed by atoms with Crippen LogP contribution in [0.25, 0.3) is 0 Å². The summed E-state index contributed by atoms with van der Waals surface area (Å²) in [6.45, 7) is 1.62. The molecule has 4 N–H and O–H groups in total. The van der Waals surface area contributed by atoms with Crippen LogP contribution in [0, 0.1) is 23.5 Å². The molecule has 2 heterocycles. The molecule has 0 aliphatic rings. The molecular formula is C21H19ClF2N6O3S. The highest BCUT2D eigenvalue weighted by Gasteiger charge is 2.23. The molecule has 34 heavy (non-hydrogen) atoms. The van der Waals surface area contributed by atoms with Crippen molar-refractivity contribution in [2.24, 2.45) is 5.14 Å². The molecule has 9 nitrogen and oxygen atoms in total. The molecule has 0 spiro atoms. The van der Waals surface area contributed by atoms with E-state index in [1.54, 1.807) is 6.92 Å². The number of nitrogens with two attached hydrogens (primary N) is 1. The van der Waals surface area contributed by atoms with Gasteiger partial charge in [0.1, 0.15) is 10.7 Å². The van der Waals surface area contributed by atoms with Gasteiger partial charge in [0.2, 0.25) is 16.0 Å². The summed E-state index contributed by atoms with van der Waals surface area (Å²) in [6, 6.07) is 2.93. The van der Waals surface area contributed by atoms with Gasteiger partial charge in [-0.15, -0.1) is 0 Å². The highest BCUT2D eigenvalue weighted by atomic mass is 35.5. The second-order valence-electron chi connectivity index (χ2n) is 7.11. The third-order valence-corrected chi connectivity index (χ3v) is 5.61. The summed E-state index contributed by atoms with van der Waals surface area (Å²) in [7, 11) is -2.91. The number of primary sulfonamides is 1. The fourth-order valence-corrected chi connectivity index (χ4v) is 3.73. The maximum Gasteiger partial charge on any atom is 0.241 e. The van der Waals surface area contributed by atoms with Crippen LogP contribution in [0.5, 0.6) is 0 Å². The van der Waals surface area contributed by atoms with Crippen molar-refractivity contribution in [3.05, 3.63) is 64.6 Å². The first-order valence-corrected chi connectivity index (χ1v) is 11.5. The maximum atomic E-state index is 15.2. The summed E-state index contributed by atoms with van der Waals surface area (Å²) < 4.78 is 53.5. The lowest BCUT2D eigenvalue weighted by Crippen LogP contribution is -2.21. The van der Waals surface area contributed by atoms with Gasteiger partial charge in [0, 0.05) is 31.7 Å². The monoisotopic (exact) mass is 508 g/mol. The van der Waals surface area contributed by atoms with Gasteiger partial charge < -0.3 is 15.3 Å². The number of rotatable bonds is 6. The Bertz CT molecular complexity index is 1380. The quantitative estimate of drug-likeness (QED) is 0.432. The van der Waals surface area contributed by atoms with E-state index in [9.17, 15) is 12.8 Å². The Morgan fingerprint density at radius 3 is 2.50 bits per heavy atom. The van der Waals surface area contributed by atoms with Crippen molar-refractivity contribution >= 4 is 39.1 Å². The second kappa shape index (κ2) is 10.3. The lowest BCUT2D eigenvalue weighted by atomic mass is 10.1. The van der Waals surface area contributed by atoms with E-state index >= 15 is 4.39 Å². The van der Waals surface area contributed by atoms with Gasteiger partial charge in [-0.1, -0.05) is 23.4 Å². The molecule has 0 aliphatic carbocycles. The van der Waals surface area contributed by atoms with Crippen molar-refractivity contribution < 1.29 is 22.3 Å². The maximum absolute atomic E-state index is 15.2. The van der Waals surface area contributed by atoms with Crippen LogP contribution in [-0.4, -0.2) is 48.2 Å². The number of aliphatic hydroxyl groups excluding tert-OH is 1. The zero-order valence-corrected chi connectivity index (χ0v) is 19.5. The molecule has 13 heteroatoms. The van der Waals surface area contributed by atoms with E-state index in [1.807, 2.05) is 0 Å². The van der Waals surface area contributed by atoms with Crippen LogP contribution >= 0.6 is 11.6 Å². The lowest BCUT2D eigenvalue weighted by Gasteiger charge is -2.21. The number of hydrogen-bond donors (Lipinski definition) is 3. The van der Waals surface area contributed by atoms with E-state index in [1.165, 1.54) is 25.6 Å². The highest BCUT2D eigenvalue weighted by Crippen LogP contribution is 2.32. The summed E-state index contributed by atoms with van der Waals surface area (Å²) in [4.78, 5) is 12.7. The molecule has 0 bridgehead atoms. The van der Waals surface area contributed by atoms with Crippen molar-refractivity contribution in [2.45, 2.75) is 17.9 Å².